The maximum atomic E-state index is 6.36. The van der Waals surface area contributed by atoms with Gasteiger partial charge in [-0.05, 0) is 48.4 Å². The number of imidazole rings is 1. The van der Waals surface area contributed by atoms with Crippen LogP contribution in [0.5, 0.6) is 0 Å². The fraction of sp³-hybridized carbons (Fsp3) is 0.0312. The van der Waals surface area contributed by atoms with Crippen LogP contribution in [0.4, 0.5) is 0 Å². The Morgan fingerprint density at radius 3 is 2.20 bits per heavy atom. The van der Waals surface area contributed by atoms with Crippen molar-refractivity contribution in [3.63, 3.8) is 0 Å². The fourth-order valence-corrected chi connectivity index (χ4v) is 5.17. The maximum Gasteiger partial charge on any atom is 0.146 e. The number of furan rings is 1. The molecule has 166 valence electrons. The maximum absolute atomic E-state index is 6.36. The highest BCUT2D eigenvalue weighted by Gasteiger charge is 2.19. The van der Waals surface area contributed by atoms with Crippen molar-refractivity contribution in [1.29, 1.82) is 0 Å². The van der Waals surface area contributed by atoms with Gasteiger partial charge in [0.2, 0.25) is 0 Å². The van der Waals surface area contributed by atoms with Crippen LogP contribution in [0, 0.1) is 6.92 Å². The number of nitrogens with zero attached hydrogens (tertiary/aromatic N) is 2. The van der Waals surface area contributed by atoms with E-state index in [-0.39, 0.29) is 0 Å². The van der Waals surface area contributed by atoms with Crippen molar-refractivity contribution in [2.45, 2.75) is 6.92 Å². The molecule has 3 nitrogen and oxygen atoms in total. The molecule has 7 rings (SSSR count). The standard InChI is InChI=1S/C32H22N2O/c1-21-23(26-16-10-17-27-25-13-5-8-20-30(25)35-31(26)27)14-9-15-24(21)32-33-28-18-6-7-19-29(28)34(32)22-11-3-2-4-12-22/h2-20H,1H3. The Balaban J connectivity index is 1.50. The first-order valence-corrected chi connectivity index (χ1v) is 11.8. The molecule has 35 heavy (non-hydrogen) atoms. The molecule has 0 aliphatic heterocycles. The number of hydrogen-bond donors (Lipinski definition) is 0. The van der Waals surface area contributed by atoms with E-state index in [0.717, 1.165) is 61.2 Å². The topological polar surface area (TPSA) is 31.0 Å². The second-order valence-electron chi connectivity index (χ2n) is 8.85. The van der Waals surface area contributed by atoms with Gasteiger partial charge in [0.15, 0.2) is 0 Å². The second kappa shape index (κ2) is 7.71. The van der Waals surface area contributed by atoms with Crippen LogP contribution in [0.3, 0.4) is 0 Å². The average molecular weight is 451 g/mol. The summed E-state index contributed by atoms with van der Waals surface area (Å²) in [6.45, 7) is 2.18. The predicted octanol–water partition coefficient (Wildman–Crippen LogP) is 8.57. The van der Waals surface area contributed by atoms with Crippen LogP contribution in [0.15, 0.2) is 120 Å². The van der Waals surface area contributed by atoms with Gasteiger partial charge in [0, 0.05) is 27.6 Å². The first-order valence-electron chi connectivity index (χ1n) is 11.8. The third kappa shape index (κ3) is 3.02. The largest absolute Gasteiger partial charge is 0.455 e. The molecule has 3 heteroatoms. The molecule has 0 bridgehead atoms. The Morgan fingerprint density at radius 2 is 1.29 bits per heavy atom. The molecule has 0 aliphatic carbocycles. The molecule has 0 radical (unpaired) electrons. The van der Waals surface area contributed by atoms with Gasteiger partial charge in [0.25, 0.3) is 0 Å². The molecular formula is C32H22N2O. The minimum atomic E-state index is 0.912. The molecular weight excluding hydrogens is 428 g/mol. The van der Waals surface area contributed by atoms with Crippen molar-refractivity contribution in [3.05, 3.63) is 121 Å². The number of fused-ring (bicyclic) bond motifs is 4. The zero-order valence-electron chi connectivity index (χ0n) is 19.3. The minimum Gasteiger partial charge on any atom is -0.455 e. The molecule has 0 fully saturated rings. The van der Waals surface area contributed by atoms with Gasteiger partial charge in [-0.2, -0.15) is 0 Å². The summed E-state index contributed by atoms with van der Waals surface area (Å²) >= 11 is 0. The number of hydrogen-bond acceptors (Lipinski definition) is 2. The zero-order chi connectivity index (χ0) is 23.4. The Labute approximate surface area is 202 Å². The van der Waals surface area contributed by atoms with Crippen LogP contribution in [0.1, 0.15) is 5.56 Å². The van der Waals surface area contributed by atoms with E-state index in [4.69, 9.17) is 9.40 Å². The van der Waals surface area contributed by atoms with E-state index in [0.29, 0.717) is 0 Å². The lowest BCUT2D eigenvalue weighted by Crippen LogP contribution is -1.99. The lowest BCUT2D eigenvalue weighted by atomic mass is 9.94. The van der Waals surface area contributed by atoms with Crippen LogP contribution < -0.4 is 0 Å². The molecule has 0 atom stereocenters. The predicted molar refractivity (Wildman–Crippen MR) is 144 cm³/mol. The smallest absolute Gasteiger partial charge is 0.146 e. The van der Waals surface area contributed by atoms with Gasteiger partial charge in [0.1, 0.15) is 17.0 Å². The monoisotopic (exact) mass is 450 g/mol. The van der Waals surface area contributed by atoms with Crippen molar-refractivity contribution < 1.29 is 4.42 Å². The summed E-state index contributed by atoms with van der Waals surface area (Å²) in [6.07, 6.45) is 0. The average Bonchev–Trinajstić information content (AvgIpc) is 3.48. The zero-order valence-corrected chi connectivity index (χ0v) is 19.3. The number of para-hydroxylation sites is 5. The van der Waals surface area contributed by atoms with Crippen LogP contribution in [-0.2, 0) is 0 Å². The molecule has 0 saturated heterocycles. The van der Waals surface area contributed by atoms with Gasteiger partial charge < -0.3 is 4.42 Å². The van der Waals surface area contributed by atoms with E-state index < -0.39 is 0 Å². The summed E-state index contributed by atoms with van der Waals surface area (Å²) in [6, 6.07) is 39.9. The van der Waals surface area contributed by atoms with E-state index >= 15 is 0 Å². The quantitative estimate of drug-likeness (QED) is 0.270. The first-order chi connectivity index (χ1) is 17.3. The highest BCUT2D eigenvalue weighted by atomic mass is 16.3. The Kier molecular flexibility index (Phi) is 4.36. The van der Waals surface area contributed by atoms with Crippen LogP contribution in [-0.4, -0.2) is 9.55 Å². The van der Waals surface area contributed by atoms with E-state index in [1.54, 1.807) is 0 Å². The Hall–Kier alpha value is -4.63. The van der Waals surface area contributed by atoms with E-state index in [2.05, 4.69) is 102 Å². The molecule has 0 N–H and O–H groups in total. The fourth-order valence-electron chi connectivity index (χ4n) is 5.17. The molecule has 0 spiro atoms. The lowest BCUT2D eigenvalue weighted by Gasteiger charge is -2.14. The first kappa shape index (κ1) is 19.8. The van der Waals surface area contributed by atoms with Gasteiger partial charge in [-0.3, -0.25) is 4.57 Å². The van der Waals surface area contributed by atoms with Gasteiger partial charge >= 0.3 is 0 Å². The van der Waals surface area contributed by atoms with Gasteiger partial charge in [0.05, 0.1) is 11.0 Å². The molecule has 7 aromatic rings. The summed E-state index contributed by atoms with van der Waals surface area (Å²) < 4.78 is 8.61. The molecule has 2 aromatic heterocycles. The van der Waals surface area contributed by atoms with Crippen LogP contribution in [0.2, 0.25) is 0 Å². The summed E-state index contributed by atoms with van der Waals surface area (Å²) in [5.41, 5.74) is 9.54. The van der Waals surface area contributed by atoms with Crippen molar-refractivity contribution in [2.75, 3.05) is 0 Å². The van der Waals surface area contributed by atoms with Gasteiger partial charge in [-0.15, -0.1) is 0 Å². The molecule has 0 saturated carbocycles. The number of benzene rings is 5. The van der Waals surface area contributed by atoms with E-state index in [1.165, 1.54) is 5.56 Å². The van der Waals surface area contributed by atoms with E-state index in [1.807, 2.05) is 24.3 Å². The summed E-state index contributed by atoms with van der Waals surface area (Å²) in [5.74, 6) is 0.938. The minimum absolute atomic E-state index is 0.912. The highest BCUT2D eigenvalue weighted by Crippen LogP contribution is 2.39. The molecule has 5 aromatic carbocycles. The van der Waals surface area contributed by atoms with Crippen molar-refractivity contribution in [2.24, 2.45) is 0 Å². The SMILES string of the molecule is Cc1c(-c2cccc3c2oc2ccccc23)cccc1-c1nc2ccccc2n1-c1ccccc1. The molecule has 2 heterocycles. The van der Waals surface area contributed by atoms with Gasteiger partial charge in [-0.1, -0.05) is 84.9 Å². The molecule has 0 amide bonds. The second-order valence-corrected chi connectivity index (χ2v) is 8.85. The Morgan fingerprint density at radius 1 is 0.600 bits per heavy atom. The molecule has 0 aliphatic rings. The lowest BCUT2D eigenvalue weighted by molar-refractivity contribution is 0.670. The van der Waals surface area contributed by atoms with Crippen molar-refractivity contribution in [3.8, 4) is 28.2 Å². The third-order valence-corrected chi connectivity index (χ3v) is 6.84. The van der Waals surface area contributed by atoms with Crippen LogP contribution in [0.25, 0.3) is 61.2 Å². The number of rotatable bonds is 3. The van der Waals surface area contributed by atoms with Crippen LogP contribution >= 0.6 is 0 Å². The van der Waals surface area contributed by atoms with Crippen molar-refractivity contribution in [1.82, 2.24) is 9.55 Å². The third-order valence-electron chi connectivity index (χ3n) is 6.84. The Bertz CT molecular complexity index is 1860. The van der Waals surface area contributed by atoms with Gasteiger partial charge in [-0.25, -0.2) is 4.98 Å². The normalized spacial score (nSPS) is 11.6. The van der Waals surface area contributed by atoms with E-state index in [9.17, 15) is 0 Å². The summed E-state index contributed by atoms with van der Waals surface area (Å²) in [7, 11) is 0. The number of aromatic nitrogens is 2. The van der Waals surface area contributed by atoms with Crippen molar-refractivity contribution >= 4 is 33.0 Å². The highest BCUT2D eigenvalue weighted by molar-refractivity contribution is 6.09. The summed E-state index contributed by atoms with van der Waals surface area (Å²) in [4.78, 5) is 5.09. The summed E-state index contributed by atoms with van der Waals surface area (Å²) in [5, 5.41) is 2.28. The molecule has 0 unspecified atom stereocenters.